The van der Waals surface area contributed by atoms with E-state index in [-0.39, 0.29) is 8.55 Å². The van der Waals surface area contributed by atoms with Crippen LogP contribution >= 0.6 is 0 Å². The first-order valence-electron chi connectivity index (χ1n) is 12.1. The van der Waals surface area contributed by atoms with Crippen LogP contribution in [0.15, 0.2) is 83.9 Å². The molecule has 2 nitrogen and oxygen atoms in total. The Morgan fingerprint density at radius 1 is 0.818 bits per heavy atom. The number of nitrogens with zero attached hydrogens (tertiary/aromatic N) is 1. The van der Waals surface area contributed by atoms with E-state index in [1.165, 1.54) is 22.4 Å². The second-order valence-electron chi connectivity index (χ2n) is 11.1. The van der Waals surface area contributed by atoms with Gasteiger partial charge in [0.15, 0.2) is 0 Å². The number of nitrogens with one attached hydrogen (secondary N) is 1. The monoisotopic (exact) mass is 454 g/mol. The van der Waals surface area contributed by atoms with E-state index in [2.05, 4.69) is 138 Å². The van der Waals surface area contributed by atoms with Crippen molar-refractivity contribution in [1.82, 2.24) is 0 Å². The largest absolute Gasteiger partial charge is 0.476 e. The Morgan fingerprint density at radius 3 is 2.09 bits per heavy atom. The minimum atomic E-state index is -1.44. The summed E-state index contributed by atoms with van der Waals surface area (Å²) in [5, 5.41) is 0. The van der Waals surface area contributed by atoms with Gasteiger partial charge in [-0.05, 0) is 47.2 Å². The lowest BCUT2D eigenvalue weighted by atomic mass is 9.97. The summed E-state index contributed by atoms with van der Waals surface area (Å²) in [7, 11) is 0. The van der Waals surface area contributed by atoms with Crippen molar-refractivity contribution in [3.63, 3.8) is 0 Å². The number of benzene rings is 3. The minimum Gasteiger partial charge on any atom is -0.476 e. The molecule has 3 rings (SSSR count). The third-order valence-corrected chi connectivity index (χ3v) is 10.5. The summed E-state index contributed by atoms with van der Waals surface area (Å²) in [6.45, 7) is 16.5. The lowest BCUT2D eigenvalue weighted by Gasteiger charge is -2.39. The molecule has 0 saturated heterocycles. The summed E-state index contributed by atoms with van der Waals surface area (Å²) in [6.07, 6.45) is 3.08. The Kier molecular flexibility index (Phi) is 8.22. The van der Waals surface area contributed by atoms with Gasteiger partial charge in [0, 0.05) is 11.9 Å². The Morgan fingerprint density at radius 2 is 1.42 bits per heavy atom. The molecule has 0 aliphatic rings. The van der Waals surface area contributed by atoms with Gasteiger partial charge in [0.1, 0.15) is 0 Å². The van der Waals surface area contributed by atoms with Crippen molar-refractivity contribution in [3.8, 4) is 0 Å². The zero-order valence-corrected chi connectivity index (χ0v) is 22.5. The predicted octanol–water partition coefficient (Wildman–Crippen LogP) is 8.79. The van der Waals surface area contributed by atoms with Gasteiger partial charge in [-0.1, -0.05) is 118 Å². The van der Waals surface area contributed by atoms with Crippen LogP contribution < -0.4 is 4.30 Å². The summed E-state index contributed by atoms with van der Waals surface area (Å²) in [6, 6.07) is 27.9. The highest BCUT2D eigenvalue weighted by Crippen LogP contribution is 2.45. The highest BCUT2D eigenvalue weighted by atomic mass is 27.2. The molecule has 0 saturated carbocycles. The van der Waals surface area contributed by atoms with Gasteiger partial charge < -0.3 is 4.30 Å². The molecule has 33 heavy (non-hydrogen) atoms. The zero-order valence-electron chi connectivity index (χ0n) is 21.4. The van der Waals surface area contributed by atoms with E-state index >= 15 is 0 Å². The van der Waals surface area contributed by atoms with Crippen LogP contribution in [0.2, 0.25) is 8.55 Å². The van der Waals surface area contributed by atoms with E-state index in [0.717, 1.165) is 12.1 Å². The van der Waals surface area contributed by atoms with Crippen molar-refractivity contribution >= 4 is 32.0 Å². The SMILES string of the molecule is CC(C)c1ccccc1N=Cc1ccccc1C[C](C)(C)[Al]([NH]c1ccccc1)[C](C)(C)C. The molecule has 3 heteroatoms. The first kappa shape index (κ1) is 25.3. The molecule has 0 amide bonds. The molecule has 0 atom stereocenters. The van der Waals surface area contributed by atoms with Crippen molar-refractivity contribution in [2.75, 3.05) is 4.30 Å². The molecular weight excluding hydrogens is 415 g/mol. The lowest BCUT2D eigenvalue weighted by molar-refractivity contribution is 0.599. The van der Waals surface area contributed by atoms with Crippen LogP contribution in [-0.2, 0) is 6.42 Å². The van der Waals surface area contributed by atoms with Crippen LogP contribution in [0.3, 0.4) is 0 Å². The number of anilines is 1. The second-order valence-corrected chi connectivity index (χ2v) is 15.6. The van der Waals surface area contributed by atoms with Crippen LogP contribution in [0.5, 0.6) is 0 Å². The number of hydrogen-bond donors (Lipinski definition) is 1. The normalized spacial score (nSPS) is 12.4. The molecule has 0 spiro atoms. The van der Waals surface area contributed by atoms with Gasteiger partial charge in [-0.15, -0.1) is 0 Å². The van der Waals surface area contributed by atoms with E-state index in [1.54, 1.807) is 0 Å². The summed E-state index contributed by atoms with van der Waals surface area (Å²) >= 11 is -1.44. The Balaban J connectivity index is 1.89. The van der Waals surface area contributed by atoms with Gasteiger partial charge >= 0.3 is 14.4 Å². The molecule has 0 unspecified atom stereocenters. The maximum absolute atomic E-state index is 4.92. The van der Waals surface area contributed by atoms with Crippen LogP contribution in [0.25, 0.3) is 0 Å². The van der Waals surface area contributed by atoms with Crippen LogP contribution in [0, 0.1) is 0 Å². The highest BCUT2D eigenvalue weighted by molar-refractivity contribution is 6.68. The molecule has 0 aliphatic carbocycles. The smallest absolute Gasteiger partial charge is 0.423 e. The standard InChI is InChI=1S/C20H24N.C6H6N.C4H9.Al/c1-15(2)13-17-9-5-6-10-18(17)14-21-20-12-8-7-11-19(20)16(3)4;7-6-4-2-1-3-5-6;1-4(2)3;/h5-12,14,16H,13H2,1-4H3;1-5,7H;1-3H3;/q;-1;;+1. The Hall–Kier alpha value is -2.34. The van der Waals surface area contributed by atoms with Gasteiger partial charge in [0.2, 0.25) is 0 Å². The summed E-state index contributed by atoms with van der Waals surface area (Å²) < 4.78 is 4.38. The van der Waals surface area contributed by atoms with E-state index < -0.39 is 14.4 Å². The average Bonchev–Trinajstić information content (AvgIpc) is 2.76. The van der Waals surface area contributed by atoms with Gasteiger partial charge in [-0.3, -0.25) is 4.99 Å². The van der Waals surface area contributed by atoms with Crippen molar-refractivity contribution in [2.24, 2.45) is 4.99 Å². The third kappa shape index (κ3) is 6.83. The van der Waals surface area contributed by atoms with Gasteiger partial charge in [0.25, 0.3) is 0 Å². The summed E-state index contributed by atoms with van der Waals surface area (Å²) in [4.78, 5) is 4.92. The fourth-order valence-corrected chi connectivity index (χ4v) is 9.05. The van der Waals surface area contributed by atoms with Crippen molar-refractivity contribution in [2.45, 2.75) is 69.4 Å². The second kappa shape index (κ2) is 10.7. The van der Waals surface area contributed by atoms with Crippen LogP contribution in [-0.4, -0.2) is 20.6 Å². The molecule has 0 bridgehead atoms. The van der Waals surface area contributed by atoms with E-state index in [9.17, 15) is 0 Å². The van der Waals surface area contributed by atoms with E-state index in [1.807, 2.05) is 0 Å². The number of rotatable bonds is 8. The Labute approximate surface area is 205 Å². The summed E-state index contributed by atoms with van der Waals surface area (Å²) in [5.41, 5.74) is 6.17. The van der Waals surface area contributed by atoms with Crippen molar-refractivity contribution < 1.29 is 0 Å². The fourth-order valence-electron chi connectivity index (χ4n) is 4.93. The maximum atomic E-state index is 4.92. The molecule has 0 aliphatic heterocycles. The molecule has 3 aromatic rings. The molecule has 3 aromatic carbocycles. The van der Waals surface area contributed by atoms with Crippen LogP contribution in [0.1, 0.15) is 71.1 Å². The van der Waals surface area contributed by atoms with E-state index in [4.69, 9.17) is 4.99 Å². The third-order valence-electron chi connectivity index (χ3n) is 6.33. The number of hydrogen-bond acceptors (Lipinski definition) is 2. The number of para-hydroxylation sites is 2. The molecule has 172 valence electrons. The quantitative estimate of drug-likeness (QED) is 0.267. The average molecular weight is 455 g/mol. The van der Waals surface area contributed by atoms with E-state index in [0.29, 0.717) is 5.92 Å². The zero-order chi connectivity index (χ0) is 24.1. The molecule has 1 N–H and O–H groups in total. The van der Waals surface area contributed by atoms with Gasteiger partial charge in [-0.2, -0.15) is 0 Å². The summed E-state index contributed by atoms with van der Waals surface area (Å²) in [5.74, 6) is 0.454. The molecular formula is C30H39AlN2. The van der Waals surface area contributed by atoms with Gasteiger partial charge in [-0.25, -0.2) is 0 Å². The van der Waals surface area contributed by atoms with Crippen LogP contribution in [0.4, 0.5) is 11.4 Å². The first-order chi connectivity index (χ1) is 15.6. The molecule has 0 heterocycles. The predicted molar refractivity (Wildman–Crippen MR) is 148 cm³/mol. The fraction of sp³-hybridized carbons (Fsp3) is 0.367. The van der Waals surface area contributed by atoms with Gasteiger partial charge in [0.05, 0.1) is 5.69 Å². The Bertz CT molecular complexity index is 1060. The topological polar surface area (TPSA) is 24.4 Å². The number of aliphatic imine (C=N–C) groups is 1. The minimum absolute atomic E-state index is 0.161. The first-order valence-corrected chi connectivity index (χ1v) is 13.8. The van der Waals surface area contributed by atoms with Crippen molar-refractivity contribution in [3.05, 3.63) is 95.6 Å². The lowest BCUT2D eigenvalue weighted by Crippen LogP contribution is -2.45. The maximum Gasteiger partial charge on any atom is 0.423 e. The molecule has 0 aromatic heterocycles. The highest BCUT2D eigenvalue weighted by Gasteiger charge is 2.46. The molecule has 0 radical (unpaired) electrons. The van der Waals surface area contributed by atoms with Crippen molar-refractivity contribution in [1.29, 1.82) is 0 Å². The molecule has 0 fully saturated rings.